The molecule has 0 spiro atoms. The van der Waals surface area contributed by atoms with E-state index in [9.17, 15) is 4.79 Å². The molecule has 0 aliphatic carbocycles. The van der Waals surface area contributed by atoms with Crippen molar-refractivity contribution in [2.75, 3.05) is 36.4 Å². The molecule has 1 saturated heterocycles. The maximum Gasteiger partial charge on any atom is 0.322 e. The summed E-state index contributed by atoms with van der Waals surface area (Å²) in [5, 5.41) is 8.21. The molecule has 0 atom stereocenters. The Morgan fingerprint density at radius 1 is 0.974 bits per heavy atom. The number of rotatable bonds is 4. The van der Waals surface area contributed by atoms with Crippen LogP contribution in [0.5, 0.6) is 0 Å². The molecule has 6 rings (SSSR count). The van der Waals surface area contributed by atoms with E-state index < -0.39 is 0 Å². The van der Waals surface area contributed by atoms with Gasteiger partial charge in [0.05, 0.1) is 16.9 Å². The molecule has 10 nitrogen and oxygen atoms in total. The maximum absolute atomic E-state index is 12.7. The fourth-order valence-corrected chi connectivity index (χ4v) is 4.93. The van der Waals surface area contributed by atoms with Crippen LogP contribution < -0.4 is 10.2 Å². The van der Waals surface area contributed by atoms with Crippen molar-refractivity contribution in [2.24, 2.45) is 7.05 Å². The van der Waals surface area contributed by atoms with Gasteiger partial charge in [0.1, 0.15) is 12.2 Å². The number of benzene rings is 2. The highest BCUT2D eigenvalue weighted by molar-refractivity contribution is 6.33. The van der Waals surface area contributed by atoms with E-state index in [0.29, 0.717) is 64.7 Å². The van der Waals surface area contributed by atoms with Crippen LogP contribution in [0.2, 0.25) is 10.0 Å². The van der Waals surface area contributed by atoms with Crippen LogP contribution in [0.1, 0.15) is 0 Å². The maximum atomic E-state index is 12.7. The standard InChI is InChI=1S/C26H23Cl2N9O/c1-34-15-18(14-31-34)32-26(38)36-12-10-35(11-13-36)24-22-25(30-16-29-24)37(19-8-6-17(27)7-9-19)23(33-22)20-4-2-3-5-21(20)28/h2-9,14-16H,10-13H2,1H3,(H,32,38). The highest BCUT2D eigenvalue weighted by atomic mass is 35.5. The zero-order valence-corrected chi connectivity index (χ0v) is 21.9. The van der Waals surface area contributed by atoms with Crippen molar-refractivity contribution in [3.63, 3.8) is 0 Å². The summed E-state index contributed by atoms with van der Waals surface area (Å²) in [5.74, 6) is 1.37. The van der Waals surface area contributed by atoms with Gasteiger partial charge >= 0.3 is 6.03 Å². The van der Waals surface area contributed by atoms with Crippen molar-refractivity contribution in [3.8, 4) is 17.1 Å². The molecule has 38 heavy (non-hydrogen) atoms. The number of halogens is 2. The van der Waals surface area contributed by atoms with Crippen molar-refractivity contribution in [2.45, 2.75) is 0 Å². The number of imidazole rings is 1. The Bertz CT molecular complexity index is 1620. The minimum absolute atomic E-state index is 0.154. The Labute approximate surface area is 228 Å². The summed E-state index contributed by atoms with van der Waals surface area (Å²) >= 11 is 12.8. The summed E-state index contributed by atoms with van der Waals surface area (Å²) in [7, 11) is 1.81. The van der Waals surface area contributed by atoms with Crippen LogP contribution in [-0.2, 0) is 7.05 Å². The zero-order valence-electron chi connectivity index (χ0n) is 20.4. The summed E-state index contributed by atoms with van der Waals surface area (Å²) in [6.07, 6.45) is 4.93. The second kappa shape index (κ2) is 9.96. The van der Waals surface area contributed by atoms with E-state index in [0.717, 1.165) is 11.3 Å². The molecule has 1 fully saturated rings. The second-order valence-corrected chi connectivity index (χ2v) is 9.75. The van der Waals surface area contributed by atoms with Crippen LogP contribution in [0.4, 0.5) is 16.3 Å². The molecular formula is C26H23Cl2N9O. The number of carbonyl (C=O) groups excluding carboxylic acids is 1. The van der Waals surface area contributed by atoms with Gasteiger partial charge in [-0.3, -0.25) is 9.25 Å². The molecule has 1 N–H and O–H groups in total. The van der Waals surface area contributed by atoms with Gasteiger partial charge in [-0.1, -0.05) is 35.3 Å². The number of nitrogens with one attached hydrogen (secondary N) is 1. The van der Waals surface area contributed by atoms with Crippen molar-refractivity contribution in [3.05, 3.63) is 77.3 Å². The molecule has 12 heteroatoms. The molecule has 2 aromatic carbocycles. The molecule has 3 aromatic heterocycles. The molecule has 5 aromatic rings. The minimum Gasteiger partial charge on any atom is -0.351 e. The topological polar surface area (TPSA) is 97.0 Å². The quantitative estimate of drug-likeness (QED) is 0.344. The predicted molar refractivity (Wildman–Crippen MR) is 148 cm³/mol. The van der Waals surface area contributed by atoms with Gasteiger partial charge in [-0.15, -0.1) is 0 Å². The van der Waals surface area contributed by atoms with Crippen molar-refractivity contribution >= 4 is 51.9 Å². The first kappa shape index (κ1) is 24.2. The van der Waals surface area contributed by atoms with E-state index in [-0.39, 0.29) is 6.03 Å². The Balaban J connectivity index is 1.34. The Kier molecular flexibility index (Phi) is 6.34. The first-order valence-corrected chi connectivity index (χ1v) is 12.8. The normalized spacial score (nSPS) is 13.8. The Morgan fingerprint density at radius 3 is 2.45 bits per heavy atom. The van der Waals surface area contributed by atoms with Gasteiger partial charge in [0, 0.05) is 55.7 Å². The van der Waals surface area contributed by atoms with Crippen LogP contribution in [-0.4, -0.2) is 66.4 Å². The molecule has 1 aliphatic rings. The van der Waals surface area contributed by atoms with Crippen LogP contribution in [0, 0.1) is 0 Å². The largest absolute Gasteiger partial charge is 0.351 e. The first-order valence-electron chi connectivity index (χ1n) is 12.0. The van der Waals surface area contributed by atoms with E-state index in [1.165, 1.54) is 0 Å². The lowest BCUT2D eigenvalue weighted by Crippen LogP contribution is -2.50. The van der Waals surface area contributed by atoms with Crippen molar-refractivity contribution in [1.82, 2.24) is 34.2 Å². The van der Waals surface area contributed by atoms with Crippen molar-refractivity contribution < 1.29 is 4.79 Å². The second-order valence-electron chi connectivity index (χ2n) is 8.90. The average Bonchev–Trinajstić information content (AvgIpc) is 3.52. The third-order valence-corrected chi connectivity index (χ3v) is 7.03. The number of amides is 2. The highest BCUT2D eigenvalue weighted by Crippen LogP contribution is 2.35. The minimum atomic E-state index is -0.154. The number of hydrogen-bond acceptors (Lipinski definition) is 6. The van der Waals surface area contributed by atoms with Gasteiger partial charge in [0.25, 0.3) is 0 Å². The summed E-state index contributed by atoms with van der Waals surface area (Å²) < 4.78 is 3.61. The summed E-state index contributed by atoms with van der Waals surface area (Å²) in [6, 6.07) is 14.9. The van der Waals surface area contributed by atoms with Crippen LogP contribution >= 0.6 is 23.2 Å². The first-order chi connectivity index (χ1) is 18.5. The Morgan fingerprint density at radius 2 is 1.74 bits per heavy atom. The van der Waals surface area contributed by atoms with Gasteiger partial charge in [-0.25, -0.2) is 19.7 Å². The lowest BCUT2D eigenvalue weighted by molar-refractivity contribution is 0.208. The van der Waals surface area contributed by atoms with E-state index in [1.54, 1.807) is 28.3 Å². The monoisotopic (exact) mass is 547 g/mol. The van der Waals surface area contributed by atoms with Gasteiger partial charge in [0.2, 0.25) is 0 Å². The molecule has 0 saturated carbocycles. The van der Waals surface area contributed by atoms with Gasteiger partial charge in [-0.2, -0.15) is 5.10 Å². The number of aryl methyl sites for hydroxylation is 1. The molecule has 0 unspecified atom stereocenters. The van der Waals surface area contributed by atoms with E-state index in [2.05, 4.69) is 25.3 Å². The fourth-order valence-electron chi connectivity index (χ4n) is 4.58. The molecular weight excluding hydrogens is 525 g/mol. The zero-order chi connectivity index (χ0) is 26.2. The number of anilines is 2. The highest BCUT2D eigenvalue weighted by Gasteiger charge is 2.26. The smallest absolute Gasteiger partial charge is 0.322 e. The number of hydrogen-bond donors (Lipinski definition) is 1. The Hall–Kier alpha value is -4.15. The molecule has 1 aliphatic heterocycles. The van der Waals surface area contributed by atoms with E-state index in [4.69, 9.17) is 28.2 Å². The molecule has 192 valence electrons. The fraction of sp³-hybridized carbons (Fsp3) is 0.192. The average molecular weight is 548 g/mol. The third-order valence-electron chi connectivity index (χ3n) is 6.45. The number of nitrogens with zero attached hydrogens (tertiary/aromatic N) is 8. The SMILES string of the molecule is Cn1cc(NC(=O)N2CCN(c3ncnc4c3nc(-c3ccccc3Cl)n4-c3ccc(Cl)cc3)CC2)cn1. The number of piperazine rings is 1. The number of fused-ring (bicyclic) bond motifs is 1. The van der Waals surface area contributed by atoms with Crippen molar-refractivity contribution in [1.29, 1.82) is 0 Å². The van der Waals surface area contributed by atoms with Crippen LogP contribution in [0.25, 0.3) is 28.2 Å². The summed E-state index contributed by atoms with van der Waals surface area (Å²) in [4.78, 5) is 30.9. The van der Waals surface area contributed by atoms with Gasteiger partial charge in [0.15, 0.2) is 17.0 Å². The van der Waals surface area contributed by atoms with E-state index in [1.807, 2.05) is 60.1 Å². The molecule has 0 bridgehead atoms. The van der Waals surface area contributed by atoms with E-state index >= 15 is 0 Å². The third kappa shape index (κ3) is 4.52. The lowest BCUT2D eigenvalue weighted by Gasteiger charge is -2.35. The van der Waals surface area contributed by atoms with Gasteiger partial charge in [-0.05, 0) is 36.4 Å². The van der Waals surface area contributed by atoms with Crippen LogP contribution in [0.15, 0.2) is 67.3 Å². The number of carbonyl (C=O) groups is 1. The molecule has 0 radical (unpaired) electrons. The van der Waals surface area contributed by atoms with Crippen LogP contribution in [0.3, 0.4) is 0 Å². The summed E-state index contributed by atoms with van der Waals surface area (Å²) in [5.41, 5.74) is 3.62. The number of aromatic nitrogens is 6. The van der Waals surface area contributed by atoms with Gasteiger partial charge < -0.3 is 15.1 Å². The number of urea groups is 1. The lowest BCUT2D eigenvalue weighted by atomic mass is 10.2. The summed E-state index contributed by atoms with van der Waals surface area (Å²) in [6.45, 7) is 2.27. The molecule has 2 amide bonds. The predicted octanol–water partition coefficient (Wildman–Crippen LogP) is 4.88. The molecule has 4 heterocycles.